The Morgan fingerprint density at radius 3 is 2.30 bits per heavy atom. The van der Waals surface area contributed by atoms with Gasteiger partial charge in [0, 0.05) is 33.6 Å². The largest absolute Gasteiger partial charge is 0.498 e. The fraction of sp³-hybridized carbons (Fsp3) is 0.382. The van der Waals surface area contributed by atoms with Crippen LogP contribution in [0.1, 0.15) is 93.2 Å². The van der Waals surface area contributed by atoms with Crippen LogP contribution in [0.15, 0.2) is 45.6 Å². The Hall–Kier alpha value is -3.53. The molecule has 7 nitrogen and oxygen atoms in total. The molecule has 1 unspecified atom stereocenters. The van der Waals surface area contributed by atoms with E-state index in [9.17, 15) is 9.59 Å². The predicted octanol–water partition coefficient (Wildman–Crippen LogP) is 7.67. The van der Waals surface area contributed by atoms with Gasteiger partial charge in [-0.1, -0.05) is 31.5 Å². The van der Waals surface area contributed by atoms with Crippen molar-refractivity contribution in [3.05, 3.63) is 85.6 Å². The summed E-state index contributed by atoms with van der Waals surface area (Å²) in [7, 11) is -1.05. The number of anilines is 1. The Morgan fingerprint density at radius 1 is 1.02 bits per heavy atom. The highest BCUT2D eigenvalue weighted by Gasteiger charge is 2.53. The van der Waals surface area contributed by atoms with Gasteiger partial charge in [0.2, 0.25) is 0 Å². The number of aldehydes is 1. The summed E-state index contributed by atoms with van der Waals surface area (Å²) in [5.74, 6) is 0.0122. The molecule has 2 aromatic heterocycles. The molecule has 0 bridgehead atoms. The molecule has 0 saturated carbocycles. The number of fused-ring (bicyclic) bond motifs is 1. The predicted molar refractivity (Wildman–Crippen MR) is 174 cm³/mol. The molecule has 2 aromatic carbocycles. The van der Waals surface area contributed by atoms with Gasteiger partial charge in [0.25, 0.3) is 0 Å². The maximum absolute atomic E-state index is 15.8. The summed E-state index contributed by atoms with van der Waals surface area (Å²) in [6.07, 6.45) is 0.586. The molecule has 230 valence electrons. The number of rotatable bonds is 7. The topological polar surface area (TPSA) is 90.7 Å². The molecule has 1 aliphatic heterocycles. The molecule has 10 heteroatoms. The summed E-state index contributed by atoms with van der Waals surface area (Å²) >= 11 is 6.32. The van der Waals surface area contributed by atoms with Gasteiger partial charge in [-0.3, -0.25) is 9.59 Å². The lowest BCUT2D eigenvalue weighted by Gasteiger charge is -2.32. The first-order chi connectivity index (χ1) is 20.5. The Bertz CT molecular complexity index is 1840. The number of pyridine rings is 1. The number of aryl methyl sites for hydroxylation is 1. The van der Waals surface area contributed by atoms with Crippen molar-refractivity contribution in [3.8, 4) is 11.3 Å². The number of nitrogens with zero attached hydrogens (tertiary/aromatic N) is 1. The highest BCUT2D eigenvalue weighted by atomic mass is 35.5. The van der Waals surface area contributed by atoms with Crippen LogP contribution in [0, 0.1) is 19.7 Å². The molecule has 3 heterocycles. The first-order valence-electron chi connectivity index (χ1n) is 14.7. The smallest absolute Gasteiger partial charge is 0.460 e. The van der Waals surface area contributed by atoms with Gasteiger partial charge in [-0.05, 0) is 84.4 Å². The zero-order valence-electron chi connectivity index (χ0n) is 26.5. The van der Waals surface area contributed by atoms with E-state index in [2.05, 4.69) is 10.3 Å². The number of benzene rings is 2. The third kappa shape index (κ3) is 5.57. The van der Waals surface area contributed by atoms with Crippen molar-refractivity contribution >= 4 is 47.1 Å². The summed E-state index contributed by atoms with van der Waals surface area (Å²) in [5, 5.41) is 4.17. The molecular weight excluding hydrogens is 582 g/mol. The second kappa shape index (κ2) is 11.4. The van der Waals surface area contributed by atoms with E-state index in [1.165, 1.54) is 6.07 Å². The van der Waals surface area contributed by atoms with Gasteiger partial charge in [0.1, 0.15) is 28.6 Å². The van der Waals surface area contributed by atoms with Gasteiger partial charge in [-0.25, -0.2) is 9.37 Å². The minimum atomic E-state index is -1.05. The van der Waals surface area contributed by atoms with Crippen molar-refractivity contribution in [1.29, 1.82) is 0 Å². The van der Waals surface area contributed by atoms with Crippen LogP contribution in [0.2, 0.25) is 5.15 Å². The van der Waals surface area contributed by atoms with Crippen LogP contribution in [0.25, 0.3) is 22.2 Å². The van der Waals surface area contributed by atoms with E-state index < -0.39 is 24.1 Å². The normalized spacial score (nSPS) is 16.5. The van der Waals surface area contributed by atoms with E-state index in [4.69, 9.17) is 25.3 Å². The highest BCUT2D eigenvalue weighted by molar-refractivity contribution is 6.63. The van der Waals surface area contributed by atoms with Gasteiger partial charge < -0.3 is 19.0 Å². The summed E-state index contributed by atoms with van der Waals surface area (Å²) in [5.41, 5.74) is 2.71. The minimum absolute atomic E-state index is 0.0265. The summed E-state index contributed by atoms with van der Waals surface area (Å²) in [4.78, 5) is 30.1. The molecule has 1 saturated heterocycles. The van der Waals surface area contributed by atoms with E-state index in [0.29, 0.717) is 45.5 Å². The Balaban J connectivity index is 1.58. The lowest BCUT2D eigenvalue weighted by Crippen LogP contribution is -2.41. The molecule has 1 aliphatic rings. The number of carbonyl (C=O) groups excluding carboxylic acids is 1. The third-order valence-corrected chi connectivity index (χ3v) is 8.91. The average molecular weight is 619 g/mol. The maximum Gasteiger partial charge on any atom is 0.498 e. The zero-order valence-corrected chi connectivity index (χ0v) is 27.3. The zero-order chi connectivity index (χ0) is 32.3. The lowest BCUT2D eigenvalue weighted by molar-refractivity contribution is 0.00578. The Morgan fingerprint density at radius 2 is 1.68 bits per heavy atom. The molecule has 0 amide bonds. The summed E-state index contributed by atoms with van der Waals surface area (Å²) in [6, 6.07) is 9.71. The molecule has 44 heavy (non-hydrogen) atoms. The SMILES string of the molecule is Cc1cc(C(C)Nc2ccc(Cl)nc2-c2cc(F)c(B3OC(C)(C)C(C)(C)O3)c(C=O)c2)c2oc(C(C)C)c(C)c(=O)c2c1. The fourth-order valence-electron chi connectivity index (χ4n) is 5.62. The monoisotopic (exact) mass is 618 g/mol. The van der Waals surface area contributed by atoms with Crippen molar-refractivity contribution in [2.45, 2.75) is 85.5 Å². The van der Waals surface area contributed by atoms with E-state index >= 15 is 4.39 Å². The van der Waals surface area contributed by atoms with Crippen molar-refractivity contribution < 1.29 is 22.9 Å². The number of halogens is 2. The average Bonchev–Trinajstić information content (AvgIpc) is 3.16. The molecule has 1 fully saturated rings. The molecule has 1 N–H and O–H groups in total. The first kappa shape index (κ1) is 31.9. The van der Waals surface area contributed by atoms with Gasteiger partial charge in [-0.2, -0.15) is 0 Å². The van der Waals surface area contributed by atoms with E-state index in [1.807, 2.05) is 67.5 Å². The molecular formula is C34H37BClFN2O5. The van der Waals surface area contributed by atoms with Crippen molar-refractivity contribution in [1.82, 2.24) is 4.98 Å². The van der Waals surface area contributed by atoms with Gasteiger partial charge in [0.05, 0.1) is 34.0 Å². The number of carbonyl (C=O) groups is 1. The van der Waals surface area contributed by atoms with Gasteiger partial charge in [0.15, 0.2) is 5.43 Å². The Labute approximate surface area is 262 Å². The maximum atomic E-state index is 15.8. The quantitative estimate of drug-likeness (QED) is 0.129. The van der Waals surface area contributed by atoms with E-state index in [1.54, 1.807) is 25.1 Å². The van der Waals surface area contributed by atoms with Crippen LogP contribution in [-0.2, 0) is 9.31 Å². The van der Waals surface area contributed by atoms with E-state index in [0.717, 1.165) is 11.1 Å². The lowest BCUT2D eigenvalue weighted by atomic mass is 9.75. The molecule has 0 radical (unpaired) electrons. The molecule has 4 aromatic rings. The minimum Gasteiger partial charge on any atom is -0.460 e. The van der Waals surface area contributed by atoms with Crippen LogP contribution in [0.4, 0.5) is 10.1 Å². The van der Waals surface area contributed by atoms with E-state index in [-0.39, 0.29) is 33.6 Å². The molecule has 1 atom stereocenters. The summed E-state index contributed by atoms with van der Waals surface area (Å²) < 4.78 is 34.3. The summed E-state index contributed by atoms with van der Waals surface area (Å²) in [6.45, 7) is 17.1. The van der Waals surface area contributed by atoms with Crippen molar-refractivity contribution in [3.63, 3.8) is 0 Å². The fourth-order valence-corrected chi connectivity index (χ4v) is 5.77. The Kier molecular flexibility index (Phi) is 8.29. The van der Waals surface area contributed by atoms with Crippen LogP contribution in [0.5, 0.6) is 0 Å². The number of hydrogen-bond donors (Lipinski definition) is 1. The second-order valence-electron chi connectivity index (χ2n) is 12.9. The van der Waals surface area contributed by atoms with Crippen molar-refractivity contribution in [2.24, 2.45) is 0 Å². The van der Waals surface area contributed by atoms with Crippen LogP contribution in [-0.4, -0.2) is 29.6 Å². The molecule has 0 aliphatic carbocycles. The first-order valence-corrected chi connectivity index (χ1v) is 15.1. The van der Waals surface area contributed by atoms with Gasteiger partial charge >= 0.3 is 7.12 Å². The molecule has 5 rings (SSSR count). The van der Waals surface area contributed by atoms with Crippen LogP contribution in [0.3, 0.4) is 0 Å². The second-order valence-corrected chi connectivity index (χ2v) is 13.3. The number of hydrogen-bond acceptors (Lipinski definition) is 7. The molecule has 0 spiro atoms. The highest BCUT2D eigenvalue weighted by Crippen LogP contribution is 2.38. The standard InChI is InChI=1S/C34H37BClFN2O5/c1-17(2)31-19(4)30(41)24-13-18(3)12-23(32(24)42-31)20(5)38-26-10-11-27(36)39-29(26)21-14-22(16-40)28(25(37)15-21)35-43-33(6,7)34(8,9)44-35/h10-17,20,38H,1-9H3. The van der Waals surface area contributed by atoms with Crippen LogP contribution < -0.4 is 16.2 Å². The van der Waals surface area contributed by atoms with Gasteiger partial charge in [-0.15, -0.1) is 0 Å². The van der Waals surface area contributed by atoms with Crippen LogP contribution >= 0.6 is 11.6 Å². The number of nitrogens with one attached hydrogen (secondary N) is 1. The third-order valence-electron chi connectivity index (χ3n) is 8.70. The number of aromatic nitrogens is 1. The van der Waals surface area contributed by atoms with Crippen molar-refractivity contribution in [2.75, 3.05) is 5.32 Å².